The SMILES string of the molecule is C=C/C(=C\c1c(C)ccn1OC(C)c1c(O)ccc(F)c1Cl)c1csc2ccccc12. The second-order valence-corrected chi connectivity index (χ2v) is 8.49. The van der Waals surface area contributed by atoms with Crippen LogP contribution in [0.2, 0.25) is 5.02 Å². The van der Waals surface area contributed by atoms with Crippen LogP contribution in [-0.4, -0.2) is 9.84 Å². The van der Waals surface area contributed by atoms with E-state index < -0.39 is 11.9 Å². The summed E-state index contributed by atoms with van der Waals surface area (Å²) in [6, 6.07) is 12.6. The van der Waals surface area contributed by atoms with Gasteiger partial charge in [-0.15, -0.1) is 11.3 Å². The third-order valence-corrected chi connectivity index (χ3v) is 6.54. The quantitative estimate of drug-likeness (QED) is 0.308. The Morgan fingerprint density at radius 1 is 1.26 bits per heavy atom. The fraction of sp³-hybridized carbons (Fsp3) is 0.120. The molecule has 2 aromatic carbocycles. The van der Waals surface area contributed by atoms with Crippen LogP contribution in [0, 0.1) is 12.7 Å². The molecule has 0 aliphatic carbocycles. The number of allylic oxidation sites excluding steroid dienone is 2. The summed E-state index contributed by atoms with van der Waals surface area (Å²) in [5.74, 6) is -0.719. The minimum absolute atomic E-state index is 0.114. The van der Waals surface area contributed by atoms with Crippen molar-refractivity contribution < 1.29 is 14.3 Å². The second kappa shape index (κ2) is 8.61. The molecule has 2 aromatic heterocycles. The summed E-state index contributed by atoms with van der Waals surface area (Å²) in [5, 5.41) is 13.3. The summed E-state index contributed by atoms with van der Waals surface area (Å²) in [4.78, 5) is 6.05. The van der Waals surface area contributed by atoms with Crippen molar-refractivity contribution in [3.05, 3.63) is 99.9 Å². The summed E-state index contributed by atoms with van der Waals surface area (Å²) in [6.45, 7) is 7.69. The minimum Gasteiger partial charge on any atom is -0.507 e. The summed E-state index contributed by atoms with van der Waals surface area (Å²) in [5.41, 5.74) is 4.09. The number of phenolic OH excluding ortho intramolecular Hbond substituents is 1. The van der Waals surface area contributed by atoms with E-state index in [9.17, 15) is 9.50 Å². The average molecular weight is 454 g/mol. The Kier molecular flexibility index (Phi) is 5.90. The summed E-state index contributed by atoms with van der Waals surface area (Å²) >= 11 is 7.77. The Bertz CT molecular complexity index is 1300. The largest absolute Gasteiger partial charge is 0.507 e. The lowest BCUT2D eigenvalue weighted by Crippen LogP contribution is -2.17. The van der Waals surface area contributed by atoms with Crippen molar-refractivity contribution >= 4 is 44.7 Å². The molecule has 0 saturated heterocycles. The molecule has 0 saturated carbocycles. The summed E-state index contributed by atoms with van der Waals surface area (Å²) < 4.78 is 16.7. The maximum absolute atomic E-state index is 13.9. The number of aromatic nitrogens is 1. The van der Waals surface area contributed by atoms with Gasteiger partial charge < -0.3 is 9.94 Å². The Morgan fingerprint density at radius 2 is 2.03 bits per heavy atom. The molecule has 0 fully saturated rings. The number of nitrogens with zero attached hydrogens (tertiary/aromatic N) is 1. The van der Waals surface area contributed by atoms with Crippen molar-refractivity contribution in [2.75, 3.05) is 0 Å². The van der Waals surface area contributed by atoms with Gasteiger partial charge in [0.05, 0.1) is 16.3 Å². The van der Waals surface area contributed by atoms with Gasteiger partial charge in [0, 0.05) is 21.8 Å². The molecular formula is C25H21ClFNO2S. The minimum atomic E-state index is -0.684. The number of aryl methyl sites for hydroxylation is 1. The van der Waals surface area contributed by atoms with Gasteiger partial charge in [0.15, 0.2) is 6.10 Å². The third-order valence-electron chi connectivity index (χ3n) is 5.19. The van der Waals surface area contributed by atoms with Crippen molar-refractivity contribution in [2.45, 2.75) is 20.0 Å². The maximum atomic E-state index is 13.9. The molecule has 2 heterocycles. The number of rotatable bonds is 6. The molecule has 0 bridgehead atoms. The van der Waals surface area contributed by atoms with Gasteiger partial charge in [-0.3, -0.25) is 0 Å². The van der Waals surface area contributed by atoms with E-state index in [2.05, 4.69) is 24.1 Å². The van der Waals surface area contributed by atoms with Gasteiger partial charge in [0.2, 0.25) is 0 Å². The number of fused-ring (bicyclic) bond motifs is 1. The third kappa shape index (κ3) is 3.99. The van der Waals surface area contributed by atoms with E-state index >= 15 is 0 Å². The first-order valence-corrected chi connectivity index (χ1v) is 11.0. The molecule has 4 rings (SSSR count). The molecule has 1 unspecified atom stereocenters. The van der Waals surface area contributed by atoms with Crippen molar-refractivity contribution in [3.63, 3.8) is 0 Å². The first-order valence-electron chi connectivity index (χ1n) is 9.73. The van der Waals surface area contributed by atoms with Crippen molar-refractivity contribution in [3.8, 4) is 5.75 Å². The molecule has 0 amide bonds. The average Bonchev–Trinajstić information content (AvgIpc) is 3.33. The lowest BCUT2D eigenvalue weighted by molar-refractivity contribution is 0.0456. The molecule has 0 aliphatic heterocycles. The molecule has 3 nitrogen and oxygen atoms in total. The van der Waals surface area contributed by atoms with Crippen LogP contribution in [0.1, 0.15) is 35.4 Å². The first-order chi connectivity index (χ1) is 14.9. The highest BCUT2D eigenvalue weighted by Crippen LogP contribution is 2.35. The zero-order valence-electron chi connectivity index (χ0n) is 17.1. The van der Waals surface area contributed by atoms with Gasteiger partial charge in [-0.05, 0) is 60.7 Å². The monoisotopic (exact) mass is 453 g/mol. The van der Waals surface area contributed by atoms with Gasteiger partial charge in [-0.2, -0.15) is 4.73 Å². The zero-order chi connectivity index (χ0) is 22.1. The Labute approximate surface area is 189 Å². The van der Waals surface area contributed by atoms with Crippen LogP contribution in [0.4, 0.5) is 4.39 Å². The lowest BCUT2D eigenvalue weighted by Gasteiger charge is -2.19. The number of thiophene rings is 1. The highest BCUT2D eigenvalue weighted by molar-refractivity contribution is 7.17. The number of benzene rings is 2. The van der Waals surface area contributed by atoms with Crippen LogP contribution < -0.4 is 4.84 Å². The molecule has 0 spiro atoms. The second-order valence-electron chi connectivity index (χ2n) is 7.20. The van der Waals surface area contributed by atoms with Gasteiger partial charge >= 0.3 is 0 Å². The molecule has 1 atom stereocenters. The van der Waals surface area contributed by atoms with Gasteiger partial charge in [0.25, 0.3) is 0 Å². The molecule has 158 valence electrons. The van der Waals surface area contributed by atoms with Crippen LogP contribution in [0.3, 0.4) is 0 Å². The van der Waals surface area contributed by atoms with Crippen LogP contribution in [-0.2, 0) is 0 Å². The molecule has 0 radical (unpaired) electrons. The molecule has 1 N–H and O–H groups in total. The molecule has 0 aliphatic rings. The van der Waals surface area contributed by atoms with E-state index in [1.165, 1.54) is 16.2 Å². The van der Waals surface area contributed by atoms with E-state index in [-0.39, 0.29) is 16.3 Å². The van der Waals surface area contributed by atoms with E-state index in [1.807, 2.05) is 37.3 Å². The van der Waals surface area contributed by atoms with Crippen LogP contribution in [0.25, 0.3) is 21.7 Å². The lowest BCUT2D eigenvalue weighted by atomic mass is 10.0. The summed E-state index contributed by atoms with van der Waals surface area (Å²) in [7, 11) is 0. The smallest absolute Gasteiger partial charge is 0.152 e. The maximum Gasteiger partial charge on any atom is 0.152 e. The van der Waals surface area contributed by atoms with E-state index in [4.69, 9.17) is 16.4 Å². The van der Waals surface area contributed by atoms with Gasteiger partial charge in [0.1, 0.15) is 11.6 Å². The topological polar surface area (TPSA) is 34.4 Å². The van der Waals surface area contributed by atoms with Gasteiger partial charge in [-0.1, -0.05) is 42.5 Å². The van der Waals surface area contributed by atoms with E-state index in [0.717, 1.165) is 28.5 Å². The predicted molar refractivity (Wildman–Crippen MR) is 127 cm³/mol. The van der Waals surface area contributed by atoms with Crippen molar-refractivity contribution in [1.29, 1.82) is 0 Å². The normalized spacial score (nSPS) is 12.8. The Morgan fingerprint density at radius 3 is 2.81 bits per heavy atom. The Balaban J connectivity index is 1.73. The predicted octanol–water partition coefficient (Wildman–Crippen LogP) is 7.43. The van der Waals surface area contributed by atoms with Crippen molar-refractivity contribution in [2.24, 2.45) is 0 Å². The molecular weight excluding hydrogens is 433 g/mol. The molecule has 4 aromatic rings. The van der Waals surface area contributed by atoms with E-state index in [1.54, 1.807) is 29.2 Å². The highest BCUT2D eigenvalue weighted by atomic mass is 35.5. The fourth-order valence-electron chi connectivity index (χ4n) is 3.55. The number of hydrogen-bond acceptors (Lipinski definition) is 3. The van der Waals surface area contributed by atoms with Crippen LogP contribution >= 0.6 is 22.9 Å². The molecule has 6 heteroatoms. The number of aromatic hydroxyl groups is 1. The standard InChI is InChI=1S/C25H21ClFNO2S/c1-4-17(19-14-31-23-8-6-5-7-18(19)23)13-21-15(2)11-12-28(21)30-16(3)24-22(29)10-9-20(27)25(24)26/h4-14,16,29H,1H2,2-3H3/b17-13+. The first kappa shape index (κ1) is 21.2. The van der Waals surface area contributed by atoms with E-state index in [0.29, 0.717) is 0 Å². The number of halogens is 2. The van der Waals surface area contributed by atoms with Crippen LogP contribution in [0.15, 0.2) is 66.7 Å². The van der Waals surface area contributed by atoms with Crippen molar-refractivity contribution in [1.82, 2.24) is 4.73 Å². The van der Waals surface area contributed by atoms with Crippen LogP contribution in [0.5, 0.6) is 5.75 Å². The number of phenols is 1. The number of hydrogen-bond donors (Lipinski definition) is 1. The summed E-state index contributed by atoms with van der Waals surface area (Å²) in [6.07, 6.45) is 4.94. The molecule has 31 heavy (non-hydrogen) atoms. The highest BCUT2D eigenvalue weighted by Gasteiger charge is 2.21. The zero-order valence-corrected chi connectivity index (χ0v) is 18.7. The fourth-order valence-corrected chi connectivity index (χ4v) is 4.83. The Hall–Kier alpha value is -3.02. The van der Waals surface area contributed by atoms with Gasteiger partial charge in [-0.25, -0.2) is 4.39 Å².